The highest BCUT2D eigenvalue weighted by atomic mass is 16.5. The van der Waals surface area contributed by atoms with Crippen molar-refractivity contribution in [1.29, 1.82) is 0 Å². The van der Waals surface area contributed by atoms with E-state index in [9.17, 15) is 0 Å². The number of anilines is 1. The number of piperidine rings is 1. The van der Waals surface area contributed by atoms with Gasteiger partial charge in [0.2, 0.25) is 0 Å². The number of nitrogens with one attached hydrogen (secondary N) is 2. The third-order valence-electron chi connectivity index (χ3n) is 3.37. The second kappa shape index (κ2) is 4.34. The highest BCUT2D eigenvalue weighted by Gasteiger charge is 2.19. The summed E-state index contributed by atoms with van der Waals surface area (Å²) in [5.41, 5.74) is 2.61. The largest absolute Gasteiger partial charge is 0.489 e. The maximum Gasteiger partial charge on any atom is 0.125 e. The molecule has 2 aliphatic rings. The van der Waals surface area contributed by atoms with Crippen molar-refractivity contribution in [2.45, 2.75) is 25.4 Å². The van der Waals surface area contributed by atoms with Crippen molar-refractivity contribution in [3.8, 4) is 5.75 Å². The molecule has 3 heteroatoms. The zero-order chi connectivity index (χ0) is 10.8. The molecule has 0 saturated carbocycles. The fourth-order valence-electron chi connectivity index (χ4n) is 2.52. The van der Waals surface area contributed by atoms with Crippen LogP contribution in [0.15, 0.2) is 18.2 Å². The average molecular weight is 218 g/mol. The van der Waals surface area contributed by atoms with Gasteiger partial charge in [0.25, 0.3) is 0 Å². The van der Waals surface area contributed by atoms with Crippen LogP contribution >= 0.6 is 0 Å². The Balaban J connectivity index is 1.76. The molecule has 3 nitrogen and oxygen atoms in total. The van der Waals surface area contributed by atoms with E-state index < -0.39 is 0 Å². The highest BCUT2D eigenvalue weighted by Crippen LogP contribution is 2.31. The van der Waals surface area contributed by atoms with E-state index in [-0.39, 0.29) is 0 Å². The standard InChI is InChI=1S/C13H18N2O/c1-4-12-11(6-8-15-12)13(5-1)16-10-3-2-7-14-9-10/h1,4-5,10,14-15H,2-3,6-9H2. The van der Waals surface area contributed by atoms with Crippen LogP contribution in [0.4, 0.5) is 5.69 Å². The first-order valence-electron chi connectivity index (χ1n) is 6.16. The predicted octanol–water partition coefficient (Wildman–Crippen LogP) is 1.79. The van der Waals surface area contributed by atoms with Gasteiger partial charge in [-0.05, 0) is 37.9 Å². The maximum absolute atomic E-state index is 6.10. The molecular weight excluding hydrogens is 200 g/mol. The molecule has 2 aliphatic heterocycles. The van der Waals surface area contributed by atoms with Crippen molar-refractivity contribution < 1.29 is 4.74 Å². The van der Waals surface area contributed by atoms with Gasteiger partial charge in [0.15, 0.2) is 0 Å². The summed E-state index contributed by atoms with van der Waals surface area (Å²) in [7, 11) is 0. The fraction of sp³-hybridized carbons (Fsp3) is 0.538. The maximum atomic E-state index is 6.10. The molecule has 2 N–H and O–H groups in total. The van der Waals surface area contributed by atoms with Gasteiger partial charge in [0.1, 0.15) is 11.9 Å². The van der Waals surface area contributed by atoms with E-state index in [1.54, 1.807) is 0 Å². The minimum Gasteiger partial charge on any atom is -0.489 e. The van der Waals surface area contributed by atoms with Crippen LogP contribution in [-0.4, -0.2) is 25.7 Å². The van der Waals surface area contributed by atoms with Crippen molar-refractivity contribution in [3.05, 3.63) is 23.8 Å². The number of hydrogen-bond donors (Lipinski definition) is 2. The second-order valence-electron chi connectivity index (χ2n) is 4.55. The van der Waals surface area contributed by atoms with Gasteiger partial charge in [-0.3, -0.25) is 0 Å². The van der Waals surface area contributed by atoms with E-state index in [1.165, 1.54) is 24.1 Å². The number of fused-ring (bicyclic) bond motifs is 1. The number of benzene rings is 1. The van der Waals surface area contributed by atoms with E-state index in [4.69, 9.17) is 4.74 Å². The van der Waals surface area contributed by atoms with Crippen LogP contribution < -0.4 is 15.4 Å². The molecule has 1 aromatic rings. The third kappa shape index (κ3) is 1.87. The van der Waals surface area contributed by atoms with Crippen LogP contribution in [0.2, 0.25) is 0 Å². The Bertz CT molecular complexity index is 372. The number of ether oxygens (including phenoxy) is 1. The molecule has 1 atom stereocenters. The minimum absolute atomic E-state index is 0.348. The molecule has 0 aliphatic carbocycles. The number of hydrogen-bond acceptors (Lipinski definition) is 3. The summed E-state index contributed by atoms with van der Waals surface area (Å²) in [6.07, 6.45) is 3.83. The molecule has 0 amide bonds. The Morgan fingerprint density at radius 2 is 2.25 bits per heavy atom. The van der Waals surface area contributed by atoms with Crippen molar-refractivity contribution >= 4 is 5.69 Å². The Morgan fingerprint density at radius 3 is 3.12 bits per heavy atom. The Kier molecular flexibility index (Phi) is 2.70. The minimum atomic E-state index is 0.348. The lowest BCUT2D eigenvalue weighted by atomic mass is 10.1. The van der Waals surface area contributed by atoms with Crippen LogP contribution in [0.1, 0.15) is 18.4 Å². The van der Waals surface area contributed by atoms with Gasteiger partial charge in [0.05, 0.1) is 0 Å². The van der Waals surface area contributed by atoms with Gasteiger partial charge in [-0.1, -0.05) is 6.07 Å². The highest BCUT2D eigenvalue weighted by molar-refractivity contribution is 5.61. The summed E-state index contributed by atoms with van der Waals surface area (Å²) in [5.74, 6) is 1.08. The van der Waals surface area contributed by atoms with Gasteiger partial charge in [-0.25, -0.2) is 0 Å². The van der Waals surface area contributed by atoms with Gasteiger partial charge < -0.3 is 15.4 Å². The van der Waals surface area contributed by atoms with Gasteiger partial charge in [-0.2, -0.15) is 0 Å². The summed E-state index contributed by atoms with van der Waals surface area (Å²) in [6, 6.07) is 6.30. The van der Waals surface area contributed by atoms with Crippen molar-refractivity contribution in [2.75, 3.05) is 25.0 Å². The smallest absolute Gasteiger partial charge is 0.125 e. The van der Waals surface area contributed by atoms with E-state index in [2.05, 4.69) is 28.8 Å². The molecular formula is C13H18N2O. The first-order chi connectivity index (χ1) is 7.93. The topological polar surface area (TPSA) is 33.3 Å². The van der Waals surface area contributed by atoms with E-state index in [0.717, 1.165) is 31.8 Å². The van der Waals surface area contributed by atoms with E-state index in [0.29, 0.717) is 6.10 Å². The molecule has 1 fully saturated rings. The lowest BCUT2D eigenvalue weighted by molar-refractivity contribution is 0.166. The summed E-state index contributed by atoms with van der Waals surface area (Å²) in [4.78, 5) is 0. The molecule has 0 radical (unpaired) electrons. The quantitative estimate of drug-likeness (QED) is 0.794. The Labute approximate surface area is 96.2 Å². The molecule has 3 rings (SSSR count). The lowest BCUT2D eigenvalue weighted by Crippen LogP contribution is -2.37. The summed E-state index contributed by atoms with van der Waals surface area (Å²) in [6.45, 7) is 3.16. The normalized spacial score (nSPS) is 23.6. The second-order valence-corrected chi connectivity index (χ2v) is 4.55. The van der Waals surface area contributed by atoms with E-state index in [1.807, 2.05) is 0 Å². The van der Waals surface area contributed by atoms with Crippen LogP contribution in [0.3, 0.4) is 0 Å². The molecule has 1 unspecified atom stereocenters. The molecule has 0 aromatic heterocycles. The van der Waals surface area contributed by atoms with Crippen LogP contribution in [0.5, 0.6) is 5.75 Å². The molecule has 86 valence electrons. The lowest BCUT2D eigenvalue weighted by Gasteiger charge is -2.24. The fourth-order valence-corrected chi connectivity index (χ4v) is 2.52. The van der Waals surface area contributed by atoms with Crippen LogP contribution in [-0.2, 0) is 6.42 Å². The number of rotatable bonds is 2. The average Bonchev–Trinajstić information content (AvgIpc) is 2.80. The molecule has 0 spiro atoms. The zero-order valence-electron chi connectivity index (χ0n) is 9.46. The van der Waals surface area contributed by atoms with Crippen LogP contribution in [0.25, 0.3) is 0 Å². The predicted molar refractivity (Wildman–Crippen MR) is 65.2 cm³/mol. The van der Waals surface area contributed by atoms with Crippen molar-refractivity contribution in [1.82, 2.24) is 5.32 Å². The summed E-state index contributed by atoms with van der Waals surface area (Å²) >= 11 is 0. The summed E-state index contributed by atoms with van der Waals surface area (Å²) in [5, 5.41) is 6.76. The van der Waals surface area contributed by atoms with Crippen molar-refractivity contribution in [3.63, 3.8) is 0 Å². The first kappa shape index (κ1) is 9.97. The molecule has 0 bridgehead atoms. The van der Waals surface area contributed by atoms with Gasteiger partial charge in [-0.15, -0.1) is 0 Å². The molecule has 1 aromatic carbocycles. The van der Waals surface area contributed by atoms with Gasteiger partial charge >= 0.3 is 0 Å². The molecule has 16 heavy (non-hydrogen) atoms. The SMILES string of the molecule is c1cc2c(c(OC3CCCNC3)c1)CCN2. The molecule has 1 saturated heterocycles. The van der Waals surface area contributed by atoms with Crippen LogP contribution in [0, 0.1) is 0 Å². The first-order valence-corrected chi connectivity index (χ1v) is 6.16. The van der Waals surface area contributed by atoms with E-state index >= 15 is 0 Å². The summed E-state index contributed by atoms with van der Waals surface area (Å²) < 4.78 is 6.10. The monoisotopic (exact) mass is 218 g/mol. The Hall–Kier alpha value is -1.22. The van der Waals surface area contributed by atoms with Crippen molar-refractivity contribution in [2.24, 2.45) is 0 Å². The third-order valence-corrected chi connectivity index (χ3v) is 3.37. The zero-order valence-corrected chi connectivity index (χ0v) is 9.46. The molecule has 2 heterocycles. The Morgan fingerprint density at radius 1 is 1.25 bits per heavy atom. The van der Waals surface area contributed by atoms with Gasteiger partial charge in [0, 0.05) is 24.3 Å².